The van der Waals surface area contributed by atoms with Gasteiger partial charge < -0.3 is 5.32 Å². The summed E-state index contributed by atoms with van der Waals surface area (Å²) in [5.41, 5.74) is 3.51. The standard InChI is InChI=1S/C26H20Cl2FN3O2S/c27-19-10-9-18(14-20(19)28)32-25(34)24-21(29)5-2-6-22(24)31-26(32)35-12-11-23(33)30-17-8-7-15-3-1-4-16(15)13-17/h2,5-10,13-14H,1,3-4,11-12H2,(H,30,33). The van der Waals surface area contributed by atoms with E-state index in [2.05, 4.69) is 16.4 Å². The zero-order valence-electron chi connectivity index (χ0n) is 18.5. The Bertz CT molecular complexity index is 1520. The van der Waals surface area contributed by atoms with Gasteiger partial charge in [0.25, 0.3) is 5.56 Å². The van der Waals surface area contributed by atoms with Gasteiger partial charge in [-0.15, -0.1) is 0 Å². The molecule has 0 radical (unpaired) electrons. The highest BCUT2D eigenvalue weighted by molar-refractivity contribution is 7.99. The predicted octanol–water partition coefficient (Wildman–Crippen LogP) is 6.44. The third-order valence-corrected chi connectivity index (χ3v) is 7.60. The lowest BCUT2D eigenvalue weighted by Gasteiger charge is -2.14. The molecular weight excluding hydrogens is 508 g/mol. The van der Waals surface area contributed by atoms with Gasteiger partial charge in [0.2, 0.25) is 5.91 Å². The molecule has 4 aromatic rings. The summed E-state index contributed by atoms with van der Waals surface area (Å²) >= 11 is 13.5. The van der Waals surface area contributed by atoms with Gasteiger partial charge in [-0.25, -0.2) is 9.37 Å². The van der Waals surface area contributed by atoms with Gasteiger partial charge in [-0.3, -0.25) is 14.2 Å². The zero-order valence-corrected chi connectivity index (χ0v) is 20.8. The summed E-state index contributed by atoms with van der Waals surface area (Å²) in [5, 5.41) is 3.75. The number of hydrogen-bond acceptors (Lipinski definition) is 4. The van der Waals surface area contributed by atoms with Crippen molar-refractivity contribution in [3.05, 3.63) is 91.9 Å². The summed E-state index contributed by atoms with van der Waals surface area (Å²) in [6.07, 6.45) is 3.48. The van der Waals surface area contributed by atoms with Crippen molar-refractivity contribution in [1.29, 1.82) is 0 Å². The summed E-state index contributed by atoms with van der Waals surface area (Å²) < 4.78 is 15.8. The van der Waals surface area contributed by atoms with E-state index in [1.807, 2.05) is 12.1 Å². The van der Waals surface area contributed by atoms with E-state index in [1.165, 1.54) is 45.7 Å². The molecule has 1 aliphatic carbocycles. The van der Waals surface area contributed by atoms with E-state index in [0.29, 0.717) is 21.6 Å². The van der Waals surface area contributed by atoms with Gasteiger partial charge >= 0.3 is 0 Å². The second kappa shape index (κ2) is 10.0. The van der Waals surface area contributed by atoms with Gasteiger partial charge in [-0.1, -0.05) is 47.1 Å². The van der Waals surface area contributed by atoms with E-state index < -0.39 is 11.4 Å². The van der Waals surface area contributed by atoms with Gasteiger partial charge in [0.1, 0.15) is 11.2 Å². The molecule has 0 aliphatic heterocycles. The Hall–Kier alpha value is -2.87. The van der Waals surface area contributed by atoms with Crippen molar-refractivity contribution in [3.8, 4) is 5.69 Å². The Labute approximate surface area is 215 Å². The number of carbonyl (C=O) groups excluding carboxylic acids is 1. The topological polar surface area (TPSA) is 64.0 Å². The molecule has 0 saturated heterocycles. The number of thioether (sulfide) groups is 1. The number of rotatable bonds is 6. The fourth-order valence-electron chi connectivity index (χ4n) is 4.23. The van der Waals surface area contributed by atoms with Crippen molar-refractivity contribution >= 4 is 57.5 Å². The quantitative estimate of drug-likeness (QED) is 0.231. The van der Waals surface area contributed by atoms with E-state index in [4.69, 9.17) is 23.2 Å². The predicted molar refractivity (Wildman–Crippen MR) is 140 cm³/mol. The fraction of sp³-hybridized carbons (Fsp3) is 0.192. The van der Waals surface area contributed by atoms with Gasteiger partial charge in [0.15, 0.2) is 5.16 Å². The van der Waals surface area contributed by atoms with E-state index in [0.717, 1.165) is 24.9 Å². The van der Waals surface area contributed by atoms with E-state index in [-0.39, 0.29) is 28.3 Å². The second-order valence-corrected chi connectivity index (χ2v) is 10.1. The molecule has 1 N–H and O–H groups in total. The molecule has 1 heterocycles. The first-order chi connectivity index (χ1) is 16.9. The number of aromatic nitrogens is 2. The van der Waals surface area contributed by atoms with Crippen LogP contribution in [0.3, 0.4) is 0 Å². The number of fused-ring (bicyclic) bond motifs is 2. The molecule has 3 aromatic carbocycles. The highest BCUT2D eigenvalue weighted by atomic mass is 35.5. The molecule has 0 saturated carbocycles. The minimum absolute atomic E-state index is 0.114. The number of hydrogen-bond donors (Lipinski definition) is 1. The Kier molecular flexibility index (Phi) is 6.82. The minimum atomic E-state index is -0.654. The lowest BCUT2D eigenvalue weighted by molar-refractivity contribution is -0.115. The van der Waals surface area contributed by atoms with Crippen LogP contribution in [0.25, 0.3) is 16.6 Å². The number of benzene rings is 3. The third kappa shape index (κ3) is 4.94. The maximum absolute atomic E-state index is 14.5. The van der Waals surface area contributed by atoms with Crippen LogP contribution in [0.2, 0.25) is 10.0 Å². The molecule has 178 valence electrons. The molecule has 0 spiro atoms. The van der Waals surface area contributed by atoms with Crippen LogP contribution in [0.4, 0.5) is 10.1 Å². The van der Waals surface area contributed by atoms with Crippen molar-refractivity contribution in [2.45, 2.75) is 30.8 Å². The van der Waals surface area contributed by atoms with Crippen LogP contribution in [-0.2, 0) is 17.6 Å². The Balaban J connectivity index is 1.39. The summed E-state index contributed by atoms with van der Waals surface area (Å²) in [5.74, 6) is -0.421. The first-order valence-corrected chi connectivity index (χ1v) is 12.9. The summed E-state index contributed by atoms with van der Waals surface area (Å²) in [6.45, 7) is 0. The number of aryl methyl sites for hydroxylation is 2. The van der Waals surface area contributed by atoms with Crippen LogP contribution >= 0.6 is 35.0 Å². The van der Waals surface area contributed by atoms with Crippen molar-refractivity contribution in [2.75, 3.05) is 11.1 Å². The van der Waals surface area contributed by atoms with E-state index >= 15 is 0 Å². The van der Waals surface area contributed by atoms with Crippen LogP contribution in [0.15, 0.2) is 64.5 Å². The highest BCUT2D eigenvalue weighted by Gasteiger charge is 2.18. The van der Waals surface area contributed by atoms with Crippen LogP contribution in [0, 0.1) is 5.82 Å². The van der Waals surface area contributed by atoms with E-state index in [9.17, 15) is 14.0 Å². The fourth-order valence-corrected chi connectivity index (χ4v) is 5.47. The first kappa shape index (κ1) is 23.9. The Morgan fingerprint density at radius 2 is 1.89 bits per heavy atom. The van der Waals surface area contributed by atoms with Crippen LogP contribution in [-0.4, -0.2) is 21.2 Å². The van der Waals surface area contributed by atoms with Crippen LogP contribution in [0.1, 0.15) is 24.0 Å². The molecule has 0 atom stereocenters. The van der Waals surface area contributed by atoms with E-state index in [1.54, 1.807) is 18.2 Å². The van der Waals surface area contributed by atoms with Gasteiger partial charge in [-0.2, -0.15) is 0 Å². The molecule has 5 rings (SSSR count). The normalized spacial score (nSPS) is 12.7. The molecule has 1 aromatic heterocycles. The van der Waals surface area contributed by atoms with Crippen molar-refractivity contribution in [3.63, 3.8) is 0 Å². The van der Waals surface area contributed by atoms with Crippen molar-refractivity contribution < 1.29 is 9.18 Å². The molecule has 0 bridgehead atoms. The Morgan fingerprint density at radius 1 is 1.06 bits per heavy atom. The zero-order chi connectivity index (χ0) is 24.5. The lowest BCUT2D eigenvalue weighted by Crippen LogP contribution is -2.23. The lowest BCUT2D eigenvalue weighted by atomic mass is 10.1. The van der Waals surface area contributed by atoms with Gasteiger partial charge in [0, 0.05) is 17.9 Å². The number of amides is 1. The molecule has 1 aliphatic rings. The number of nitrogens with one attached hydrogen (secondary N) is 1. The summed E-state index contributed by atoms with van der Waals surface area (Å²) in [7, 11) is 0. The number of nitrogens with zero attached hydrogens (tertiary/aromatic N) is 2. The van der Waals surface area contributed by atoms with Crippen molar-refractivity contribution in [1.82, 2.24) is 9.55 Å². The molecule has 1 amide bonds. The summed E-state index contributed by atoms with van der Waals surface area (Å²) in [4.78, 5) is 30.4. The monoisotopic (exact) mass is 527 g/mol. The maximum atomic E-state index is 14.5. The van der Waals surface area contributed by atoms with Crippen LogP contribution in [0.5, 0.6) is 0 Å². The molecule has 5 nitrogen and oxygen atoms in total. The first-order valence-electron chi connectivity index (χ1n) is 11.1. The second-order valence-electron chi connectivity index (χ2n) is 8.25. The molecular formula is C26H20Cl2FN3O2S. The van der Waals surface area contributed by atoms with Gasteiger partial charge in [-0.05, 0) is 72.9 Å². The smallest absolute Gasteiger partial charge is 0.269 e. The number of halogens is 3. The average Bonchev–Trinajstić information content (AvgIpc) is 3.29. The third-order valence-electron chi connectivity index (χ3n) is 5.92. The maximum Gasteiger partial charge on any atom is 0.269 e. The molecule has 9 heteroatoms. The summed E-state index contributed by atoms with van der Waals surface area (Å²) in [6, 6.07) is 15.1. The highest BCUT2D eigenvalue weighted by Crippen LogP contribution is 2.28. The SMILES string of the molecule is O=C(CCSc1nc2cccc(F)c2c(=O)n1-c1ccc(Cl)c(Cl)c1)Nc1ccc2c(c1)CCC2. The molecule has 35 heavy (non-hydrogen) atoms. The minimum Gasteiger partial charge on any atom is -0.326 e. The van der Waals surface area contributed by atoms with Crippen LogP contribution < -0.4 is 10.9 Å². The number of anilines is 1. The number of carbonyl (C=O) groups is 1. The average molecular weight is 528 g/mol. The Morgan fingerprint density at radius 3 is 2.71 bits per heavy atom. The van der Waals surface area contributed by atoms with Gasteiger partial charge in [0.05, 0.1) is 21.2 Å². The molecule has 0 fully saturated rings. The van der Waals surface area contributed by atoms with Crippen molar-refractivity contribution in [2.24, 2.45) is 0 Å². The molecule has 0 unspecified atom stereocenters. The largest absolute Gasteiger partial charge is 0.326 e.